The highest BCUT2D eigenvalue weighted by Gasteiger charge is 2.13. The fourth-order valence-electron chi connectivity index (χ4n) is 1.76. The second kappa shape index (κ2) is 6.50. The lowest BCUT2D eigenvalue weighted by Gasteiger charge is -2.04. The van der Waals surface area contributed by atoms with E-state index in [2.05, 4.69) is 30.6 Å². The molecule has 0 aliphatic heterocycles. The fourth-order valence-corrected chi connectivity index (χ4v) is 3.21. The van der Waals surface area contributed by atoms with E-state index in [0.717, 1.165) is 4.88 Å². The summed E-state index contributed by atoms with van der Waals surface area (Å²) in [6, 6.07) is 5.79. The van der Waals surface area contributed by atoms with Crippen LogP contribution in [0.15, 0.2) is 27.5 Å². The summed E-state index contributed by atoms with van der Waals surface area (Å²) in [6.45, 7) is 0. The molecule has 0 saturated carbocycles. The molecule has 3 rings (SSSR count). The smallest absolute Gasteiger partial charge is 0.269 e. The Morgan fingerprint density at radius 1 is 1.45 bits per heavy atom. The van der Waals surface area contributed by atoms with Gasteiger partial charge in [0.05, 0.1) is 11.4 Å². The standard InChI is InChI=1S/C12H9N7OS2/c13-5-8-9(4-7-2-1-3-21-7)14-12(15-11(8)20)22-6-10-16-18-19-17-10/h1-3H,4,6H2,(H,14,15,20)(H,16,17,18,19). The van der Waals surface area contributed by atoms with Crippen LogP contribution in [0.1, 0.15) is 22.0 Å². The minimum atomic E-state index is -0.428. The molecule has 0 aromatic carbocycles. The minimum Gasteiger partial charge on any atom is -0.300 e. The Balaban J connectivity index is 1.87. The molecule has 22 heavy (non-hydrogen) atoms. The van der Waals surface area contributed by atoms with Crippen LogP contribution in [0.2, 0.25) is 0 Å². The van der Waals surface area contributed by atoms with Crippen LogP contribution in [-0.4, -0.2) is 30.6 Å². The Morgan fingerprint density at radius 3 is 3.05 bits per heavy atom. The average Bonchev–Trinajstić information content (AvgIpc) is 3.18. The first-order valence-corrected chi connectivity index (χ1v) is 8.04. The first-order valence-electron chi connectivity index (χ1n) is 6.17. The molecule has 3 aromatic rings. The van der Waals surface area contributed by atoms with Gasteiger partial charge in [0.25, 0.3) is 5.56 Å². The molecule has 0 bridgehead atoms. The summed E-state index contributed by atoms with van der Waals surface area (Å²) in [5.41, 5.74) is 0.105. The van der Waals surface area contributed by atoms with Gasteiger partial charge in [-0.15, -0.1) is 16.4 Å². The van der Waals surface area contributed by atoms with Crippen LogP contribution in [0.4, 0.5) is 0 Å². The van der Waals surface area contributed by atoms with Crippen molar-refractivity contribution in [3.05, 3.63) is 49.8 Å². The summed E-state index contributed by atoms with van der Waals surface area (Å²) in [4.78, 5) is 20.0. The van der Waals surface area contributed by atoms with E-state index in [1.165, 1.54) is 11.8 Å². The van der Waals surface area contributed by atoms with E-state index >= 15 is 0 Å². The molecule has 110 valence electrons. The number of hydrogen-bond acceptors (Lipinski definition) is 8. The summed E-state index contributed by atoms with van der Waals surface area (Å²) in [7, 11) is 0. The molecule has 0 atom stereocenters. The molecule has 0 spiro atoms. The lowest BCUT2D eigenvalue weighted by molar-refractivity contribution is 0.872. The van der Waals surface area contributed by atoms with E-state index in [-0.39, 0.29) is 5.56 Å². The Hall–Kier alpha value is -2.51. The summed E-state index contributed by atoms with van der Waals surface area (Å²) in [5, 5.41) is 24.9. The van der Waals surface area contributed by atoms with Crippen molar-refractivity contribution in [2.75, 3.05) is 0 Å². The number of hydrogen-bond donors (Lipinski definition) is 2. The van der Waals surface area contributed by atoms with Gasteiger partial charge in [-0.05, 0) is 21.9 Å². The highest BCUT2D eigenvalue weighted by Crippen LogP contribution is 2.19. The van der Waals surface area contributed by atoms with E-state index < -0.39 is 5.56 Å². The molecule has 0 fully saturated rings. The molecule has 0 amide bonds. The maximum atomic E-state index is 12.0. The van der Waals surface area contributed by atoms with Crippen molar-refractivity contribution < 1.29 is 0 Å². The Labute approximate surface area is 132 Å². The molecule has 0 aliphatic carbocycles. The van der Waals surface area contributed by atoms with E-state index in [9.17, 15) is 4.79 Å². The van der Waals surface area contributed by atoms with Gasteiger partial charge >= 0.3 is 0 Å². The van der Waals surface area contributed by atoms with Gasteiger partial charge in [-0.3, -0.25) is 4.79 Å². The summed E-state index contributed by atoms with van der Waals surface area (Å²) >= 11 is 2.85. The molecule has 0 saturated heterocycles. The SMILES string of the molecule is N#Cc1c(Cc2cccs2)nc(SCc2nnn[nH]2)[nH]c1=O. The molecule has 0 radical (unpaired) electrons. The molecular weight excluding hydrogens is 322 g/mol. The lowest BCUT2D eigenvalue weighted by Crippen LogP contribution is -2.16. The van der Waals surface area contributed by atoms with Crippen molar-refractivity contribution in [1.82, 2.24) is 30.6 Å². The average molecular weight is 331 g/mol. The number of aromatic nitrogens is 6. The van der Waals surface area contributed by atoms with Crippen LogP contribution < -0.4 is 5.56 Å². The van der Waals surface area contributed by atoms with Gasteiger partial charge in [-0.25, -0.2) is 10.1 Å². The number of aromatic amines is 2. The highest BCUT2D eigenvalue weighted by atomic mass is 32.2. The molecule has 8 nitrogen and oxygen atoms in total. The van der Waals surface area contributed by atoms with Crippen LogP contribution in [0.3, 0.4) is 0 Å². The first kappa shape index (κ1) is 14.4. The van der Waals surface area contributed by atoms with Crippen LogP contribution in [-0.2, 0) is 12.2 Å². The van der Waals surface area contributed by atoms with E-state index in [0.29, 0.717) is 28.8 Å². The van der Waals surface area contributed by atoms with Crippen LogP contribution in [0.25, 0.3) is 0 Å². The first-order chi connectivity index (χ1) is 10.8. The Morgan fingerprint density at radius 2 is 2.36 bits per heavy atom. The number of H-pyrrole nitrogens is 2. The molecule has 10 heteroatoms. The van der Waals surface area contributed by atoms with Crippen molar-refractivity contribution in [3.8, 4) is 6.07 Å². The molecule has 0 aliphatic rings. The number of nitriles is 1. The molecule has 2 N–H and O–H groups in total. The van der Waals surface area contributed by atoms with Crippen molar-refractivity contribution in [1.29, 1.82) is 5.26 Å². The van der Waals surface area contributed by atoms with Crippen LogP contribution in [0, 0.1) is 11.3 Å². The molecule has 0 unspecified atom stereocenters. The quantitative estimate of drug-likeness (QED) is 0.530. The van der Waals surface area contributed by atoms with Gasteiger partial charge in [-0.1, -0.05) is 17.8 Å². The monoisotopic (exact) mass is 331 g/mol. The zero-order valence-electron chi connectivity index (χ0n) is 11.1. The zero-order chi connectivity index (χ0) is 15.4. The molecular formula is C12H9N7OS2. The number of tetrazole rings is 1. The number of thiophene rings is 1. The lowest BCUT2D eigenvalue weighted by atomic mass is 10.2. The third-order valence-electron chi connectivity index (χ3n) is 2.74. The van der Waals surface area contributed by atoms with Gasteiger partial charge in [0.2, 0.25) is 0 Å². The summed E-state index contributed by atoms with van der Waals surface area (Å²) in [6.07, 6.45) is 0.460. The fraction of sp³-hybridized carbons (Fsp3) is 0.167. The van der Waals surface area contributed by atoms with Gasteiger partial charge in [0.15, 0.2) is 11.0 Å². The van der Waals surface area contributed by atoms with Crippen molar-refractivity contribution in [2.24, 2.45) is 0 Å². The topological polar surface area (TPSA) is 124 Å². The van der Waals surface area contributed by atoms with Crippen molar-refractivity contribution in [2.45, 2.75) is 17.3 Å². The second-order valence-electron chi connectivity index (χ2n) is 4.20. The van der Waals surface area contributed by atoms with Gasteiger partial charge in [0.1, 0.15) is 11.6 Å². The number of nitrogens with one attached hydrogen (secondary N) is 2. The maximum Gasteiger partial charge on any atom is 0.269 e. The number of nitrogens with zero attached hydrogens (tertiary/aromatic N) is 5. The third kappa shape index (κ3) is 3.21. The van der Waals surface area contributed by atoms with E-state index in [1.54, 1.807) is 11.3 Å². The number of thioether (sulfide) groups is 1. The summed E-state index contributed by atoms with van der Waals surface area (Å²) < 4.78 is 0. The van der Waals surface area contributed by atoms with Crippen molar-refractivity contribution in [3.63, 3.8) is 0 Å². The maximum absolute atomic E-state index is 12.0. The third-order valence-corrected chi connectivity index (χ3v) is 4.50. The van der Waals surface area contributed by atoms with Gasteiger partial charge in [-0.2, -0.15) is 5.26 Å². The van der Waals surface area contributed by atoms with Crippen LogP contribution in [0.5, 0.6) is 0 Å². The van der Waals surface area contributed by atoms with Gasteiger partial charge < -0.3 is 4.98 Å². The molecule has 3 heterocycles. The Bertz CT molecular complexity index is 849. The second-order valence-corrected chi connectivity index (χ2v) is 6.19. The normalized spacial score (nSPS) is 10.5. The van der Waals surface area contributed by atoms with Crippen LogP contribution >= 0.6 is 23.1 Å². The summed E-state index contributed by atoms with van der Waals surface area (Å²) in [5.74, 6) is 1.03. The zero-order valence-corrected chi connectivity index (χ0v) is 12.7. The molecule has 3 aromatic heterocycles. The number of rotatable bonds is 5. The highest BCUT2D eigenvalue weighted by molar-refractivity contribution is 7.98. The van der Waals surface area contributed by atoms with E-state index in [4.69, 9.17) is 5.26 Å². The van der Waals surface area contributed by atoms with Gasteiger partial charge in [0, 0.05) is 11.3 Å². The predicted octanol–water partition coefficient (Wildman–Crippen LogP) is 1.10. The Kier molecular flexibility index (Phi) is 4.27. The van der Waals surface area contributed by atoms with Crippen molar-refractivity contribution >= 4 is 23.1 Å². The predicted molar refractivity (Wildman–Crippen MR) is 80.4 cm³/mol. The van der Waals surface area contributed by atoms with E-state index in [1.807, 2.05) is 23.6 Å². The largest absolute Gasteiger partial charge is 0.300 e. The minimum absolute atomic E-state index is 0.0547.